The van der Waals surface area contributed by atoms with Gasteiger partial charge in [0.1, 0.15) is 11.5 Å². The minimum atomic E-state index is -0.124. The molecule has 0 aromatic heterocycles. The first kappa shape index (κ1) is 19.3. The second-order valence-electron chi connectivity index (χ2n) is 6.46. The fourth-order valence-corrected chi connectivity index (χ4v) is 2.61. The number of nitrogens with one attached hydrogen (secondary N) is 1. The van der Waals surface area contributed by atoms with Crippen molar-refractivity contribution in [1.29, 1.82) is 0 Å². The lowest BCUT2D eigenvalue weighted by molar-refractivity contribution is -0.120. The van der Waals surface area contributed by atoms with Crippen LogP contribution in [0.25, 0.3) is 0 Å². The van der Waals surface area contributed by atoms with Gasteiger partial charge < -0.3 is 15.5 Å². The lowest BCUT2D eigenvalue weighted by Gasteiger charge is -2.13. The highest BCUT2D eigenvalue weighted by molar-refractivity contribution is 5.79. The van der Waals surface area contributed by atoms with Gasteiger partial charge in [0.25, 0.3) is 0 Å². The van der Waals surface area contributed by atoms with Gasteiger partial charge in [0.2, 0.25) is 5.91 Å². The SMILES string of the molecule is CCCCCCCCC(C)CNC(=O)Cc1cc(O)ccc1O. The van der Waals surface area contributed by atoms with E-state index >= 15 is 0 Å². The molecule has 0 spiro atoms. The molecular formula is C19H31NO3. The van der Waals surface area contributed by atoms with Crippen LogP contribution in [-0.4, -0.2) is 22.7 Å². The number of carbonyl (C=O) groups is 1. The Morgan fingerprint density at radius 3 is 2.57 bits per heavy atom. The summed E-state index contributed by atoms with van der Waals surface area (Å²) >= 11 is 0. The Balaban J connectivity index is 2.18. The molecule has 0 saturated carbocycles. The highest BCUT2D eigenvalue weighted by atomic mass is 16.3. The van der Waals surface area contributed by atoms with Gasteiger partial charge in [0.15, 0.2) is 0 Å². The Bertz CT molecular complexity index is 474. The Kier molecular flexibility index (Phi) is 9.18. The zero-order valence-electron chi connectivity index (χ0n) is 14.5. The first-order chi connectivity index (χ1) is 11.0. The van der Waals surface area contributed by atoms with Crippen molar-refractivity contribution in [3.63, 3.8) is 0 Å². The molecule has 0 heterocycles. The fraction of sp³-hybridized carbons (Fsp3) is 0.632. The topological polar surface area (TPSA) is 69.6 Å². The first-order valence-electron chi connectivity index (χ1n) is 8.80. The van der Waals surface area contributed by atoms with E-state index in [1.807, 2.05) is 0 Å². The lowest BCUT2D eigenvalue weighted by atomic mass is 10.0. The molecule has 0 fully saturated rings. The first-order valence-corrected chi connectivity index (χ1v) is 8.80. The molecule has 1 atom stereocenters. The monoisotopic (exact) mass is 321 g/mol. The molecule has 1 aromatic carbocycles. The summed E-state index contributed by atoms with van der Waals surface area (Å²) in [6, 6.07) is 4.23. The molecule has 1 aromatic rings. The molecule has 1 rings (SSSR count). The second-order valence-corrected chi connectivity index (χ2v) is 6.46. The smallest absolute Gasteiger partial charge is 0.224 e. The molecule has 4 heteroatoms. The molecule has 0 aliphatic carbocycles. The van der Waals surface area contributed by atoms with Crippen LogP contribution in [0.15, 0.2) is 18.2 Å². The van der Waals surface area contributed by atoms with Gasteiger partial charge in [-0.15, -0.1) is 0 Å². The number of phenols is 2. The highest BCUT2D eigenvalue weighted by Gasteiger charge is 2.10. The summed E-state index contributed by atoms with van der Waals surface area (Å²) < 4.78 is 0. The molecule has 0 aliphatic rings. The van der Waals surface area contributed by atoms with Crippen molar-refractivity contribution in [2.75, 3.05) is 6.54 Å². The van der Waals surface area contributed by atoms with Crippen molar-refractivity contribution in [1.82, 2.24) is 5.32 Å². The van der Waals surface area contributed by atoms with Gasteiger partial charge in [-0.05, 0) is 30.5 Å². The molecule has 0 radical (unpaired) electrons. The molecule has 0 saturated heterocycles. The number of phenolic OH excluding ortho intramolecular Hbond substituents is 2. The van der Waals surface area contributed by atoms with Crippen LogP contribution in [0.3, 0.4) is 0 Å². The van der Waals surface area contributed by atoms with Crippen LogP contribution in [0.2, 0.25) is 0 Å². The summed E-state index contributed by atoms with van der Waals surface area (Å²) in [6.07, 6.45) is 8.95. The molecule has 3 N–H and O–H groups in total. The van der Waals surface area contributed by atoms with Crippen molar-refractivity contribution in [2.24, 2.45) is 5.92 Å². The third kappa shape index (κ3) is 8.48. The standard InChI is InChI=1S/C19H31NO3/c1-3-4-5-6-7-8-9-15(2)14-20-19(23)13-16-12-17(21)10-11-18(16)22/h10-12,15,21-22H,3-9,13-14H2,1-2H3,(H,20,23). The van der Waals surface area contributed by atoms with E-state index in [4.69, 9.17) is 0 Å². The number of unbranched alkanes of at least 4 members (excludes halogenated alkanes) is 5. The Hall–Kier alpha value is -1.71. The number of hydrogen-bond donors (Lipinski definition) is 3. The van der Waals surface area contributed by atoms with E-state index in [1.54, 1.807) is 0 Å². The van der Waals surface area contributed by atoms with Crippen LogP contribution in [0.1, 0.15) is 64.4 Å². The summed E-state index contributed by atoms with van der Waals surface area (Å²) in [5.41, 5.74) is 0.450. The average Bonchev–Trinajstić information content (AvgIpc) is 2.52. The van der Waals surface area contributed by atoms with Gasteiger partial charge in [-0.1, -0.05) is 52.4 Å². The van der Waals surface area contributed by atoms with Crippen LogP contribution in [0, 0.1) is 5.92 Å². The Morgan fingerprint density at radius 2 is 1.83 bits per heavy atom. The van der Waals surface area contributed by atoms with Gasteiger partial charge in [0, 0.05) is 12.1 Å². The minimum Gasteiger partial charge on any atom is -0.508 e. The van der Waals surface area contributed by atoms with E-state index < -0.39 is 0 Å². The fourth-order valence-electron chi connectivity index (χ4n) is 2.61. The quantitative estimate of drug-likeness (QED) is 0.424. The van der Waals surface area contributed by atoms with E-state index in [9.17, 15) is 15.0 Å². The molecule has 0 aliphatic heterocycles. The molecule has 130 valence electrons. The predicted molar refractivity (Wildman–Crippen MR) is 93.6 cm³/mol. The van der Waals surface area contributed by atoms with E-state index in [0.29, 0.717) is 18.0 Å². The van der Waals surface area contributed by atoms with E-state index in [2.05, 4.69) is 19.2 Å². The molecule has 1 unspecified atom stereocenters. The zero-order chi connectivity index (χ0) is 17.1. The van der Waals surface area contributed by atoms with Gasteiger partial charge >= 0.3 is 0 Å². The molecule has 1 amide bonds. The van der Waals surface area contributed by atoms with Crippen LogP contribution in [0.5, 0.6) is 11.5 Å². The van der Waals surface area contributed by atoms with Gasteiger partial charge in [-0.3, -0.25) is 4.79 Å². The summed E-state index contributed by atoms with van der Waals surface area (Å²) in [5, 5.41) is 22.0. The van der Waals surface area contributed by atoms with Gasteiger partial charge in [-0.2, -0.15) is 0 Å². The molecule has 4 nitrogen and oxygen atoms in total. The third-order valence-corrected chi connectivity index (χ3v) is 4.11. The molecule has 23 heavy (non-hydrogen) atoms. The summed E-state index contributed by atoms with van der Waals surface area (Å²) in [4.78, 5) is 11.9. The second kappa shape index (κ2) is 10.9. The minimum absolute atomic E-state index is 0.0399. The van der Waals surface area contributed by atoms with Crippen LogP contribution in [0.4, 0.5) is 0 Å². The van der Waals surface area contributed by atoms with Crippen LogP contribution in [-0.2, 0) is 11.2 Å². The number of amides is 1. The van der Waals surface area contributed by atoms with Crippen molar-refractivity contribution in [2.45, 2.75) is 65.2 Å². The van der Waals surface area contributed by atoms with Crippen LogP contribution >= 0.6 is 0 Å². The van der Waals surface area contributed by atoms with Crippen molar-refractivity contribution in [3.8, 4) is 11.5 Å². The summed E-state index contributed by atoms with van der Waals surface area (Å²) in [6.45, 7) is 5.03. The number of carbonyl (C=O) groups excluding carboxylic acids is 1. The largest absolute Gasteiger partial charge is 0.508 e. The lowest BCUT2D eigenvalue weighted by Crippen LogP contribution is -2.29. The van der Waals surface area contributed by atoms with Crippen molar-refractivity contribution >= 4 is 5.91 Å². The highest BCUT2D eigenvalue weighted by Crippen LogP contribution is 2.22. The van der Waals surface area contributed by atoms with Gasteiger partial charge in [-0.25, -0.2) is 0 Å². The summed E-state index contributed by atoms with van der Waals surface area (Å²) in [7, 11) is 0. The predicted octanol–water partition coefficient (Wildman–Crippen LogP) is 4.14. The number of hydrogen-bond acceptors (Lipinski definition) is 3. The Labute approximate surface area is 139 Å². The third-order valence-electron chi connectivity index (χ3n) is 4.11. The van der Waals surface area contributed by atoms with Crippen molar-refractivity contribution in [3.05, 3.63) is 23.8 Å². The van der Waals surface area contributed by atoms with Crippen molar-refractivity contribution < 1.29 is 15.0 Å². The van der Waals surface area contributed by atoms with E-state index in [1.165, 1.54) is 56.7 Å². The maximum Gasteiger partial charge on any atom is 0.224 e. The summed E-state index contributed by atoms with van der Waals surface area (Å²) in [5.74, 6) is 0.434. The van der Waals surface area contributed by atoms with Crippen LogP contribution < -0.4 is 5.32 Å². The maximum absolute atomic E-state index is 11.9. The van der Waals surface area contributed by atoms with E-state index in [0.717, 1.165) is 6.42 Å². The molecule has 0 bridgehead atoms. The van der Waals surface area contributed by atoms with Gasteiger partial charge in [0.05, 0.1) is 6.42 Å². The number of rotatable bonds is 11. The normalized spacial score (nSPS) is 12.1. The number of aromatic hydroxyl groups is 2. The average molecular weight is 321 g/mol. The van der Waals surface area contributed by atoms with E-state index in [-0.39, 0.29) is 23.8 Å². The Morgan fingerprint density at radius 1 is 1.13 bits per heavy atom. The number of benzene rings is 1. The zero-order valence-corrected chi connectivity index (χ0v) is 14.5. The molecular weight excluding hydrogens is 290 g/mol. The maximum atomic E-state index is 11.9.